The molecule has 2 amide bonds. The van der Waals surface area contributed by atoms with Crippen molar-refractivity contribution >= 4 is 11.7 Å². The lowest BCUT2D eigenvalue weighted by Gasteiger charge is -2.17. The van der Waals surface area contributed by atoms with E-state index in [2.05, 4.69) is 5.43 Å². The summed E-state index contributed by atoms with van der Waals surface area (Å²) in [6.07, 6.45) is 0. The first-order chi connectivity index (χ1) is 6.70. The van der Waals surface area contributed by atoms with Crippen molar-refractivity contribution in [3.05, 3.63) is 29.8 Å². The first-order valence-corrected chi connectivity index (χ1v) is 4.54. The van der Waals surface area contributed by atoms with E-state index in [1.165, 1.54) is 0 Å². The molecular weight excluding hydrogens is 178 g/mol. The second-order valence-electron chi connectivity index (χ2n) is 3.42. The number of nitrogens with zero attached hydrogens (tertiary/aromatic N) is 2. The molecule has 0 saturated carbocycles. The van der Waals surface area contributed by atoms with Gasteiger partial charge in [0, 0.05) is 7.05 Å². The number of rotatable bonds is 1. The lowest BCUT2D eigenvalue weighted by atomic mass is 10.2. The topological polar surface area (TPSA) is 35.6 Å². The summed E-state index contributed by atoms with van der Waals surface area (Å²) < 4.78 is 0. The van der Waals surface area contributed by atoms with Crippen LogP contribution >= 0.6 is 0 Å². The minimum atomic E-state index is -0.0145. The third-order valence-corrected chi connectivity index (χ3v) is 2.34. The van der Waals surface area contributed by atoms with Gasteiger partial charge >= 0.3 is 6.03 Å². The van der Waals surface area contributed by atoms with E-state index >= 15 is 0 Å². The van der Waals surface area contributed by atoms with Crippen LogP contribution in [0.5, 0.6) is 0 Å². The quantitative estimate of drug-likeness (QED) is 0.726. The van der Waals surface area contributed by atoms with Crippen LogP contribution in [0.2, 0.25) is 0 Å². The zero-order chi connectivity index (χ0) is 10.1. The van der Waals surface area contributed by atoms with Crippen LogP contribution in [0, 0.1) is 6.92 Å². The van der Waals surface area contributed by atoms with Crippen molar-refractivity contribution in [3.63, 3.8) is 0 Å². The number of hydrogen-bond acceptors (Lipinski definition) is 2. The fourth-order valence-corrected chi connectivity index (χ4v) is 1.49. The maximum Gasteiger partial charge on any atom is 0.339 e. The van der Waals surface area contributed by atoms with Crippen LogP contribution in [-0.4, -0.2) is 24.6 Å². The molecule has 0 bridgehead atoms. The summed E-state index contributed by atoms with van der Waals surface area (Å²) in [4.78, 5) is 13.3. The third-order valence-electron chi connectivity index (χ3n) is 2.34. The van der Waals surface area contributed by atoms with Gasteiger partial charge in [0.05, 0.1) is 12.4 Å². The Morgan fingerprint density at radius 1 is 1.36 bits per heavy atom. The molecule has 14 heavy (non-hydrogen) atoms. The van der Waals surface area contributed by atoms with Gasteiger partial charge in [-0.25, -0.2) is 15.2 Å². The zero-order valence-electron chi connectivity index (χ0n) is 8.32. The fourth-order valence-electron chi connectivity index (χ4n) is 1.49. The number of anilines is 1. The monoisotopic (exact) mass is 191 g/mol. The minimum absolute atomic E-state index is 0.0145. The van der Waals surface area contributed by atoms with Crippen LogP contribution in [0.1, 0.15) is 5.56 Å². The van der Waals surface area contributed by atoms with Gasteiger partial charge in [0.1, 0.15) is 0 Å². The number of para-hydroxylation sites is 1. The molecule has 1 aliphatic heterocycles. The van der Waals surface area contributed by atoms with Gasteiger partial charge in [0.2, 0.25) is 0 Å². The molecule has 2 rings (SSSR count). The number of hydrazine groups is 1. The van der Waals surface area contributed by atoms with Crippen molar-refractivity contribution in [1.29, 1.82) is 0 Å². The summed E-state index contributed by atoms with van der Waals surface area (Å²) in [6, 6.07) is 7.79. The average Bonchev–Trinajstić information content (AvgIpc) is 2.49. The van der Waals surface area contributed by atoms with Crippen molar-refractivity contribution in [2.24, 2.45) is 0 Å². The molecule has 1 aromatic rings. The van der Waals surface area contributed by atoms with Gasteiger partial charge in [-0.1, -0.05) is 18.2 Å². The summed E-state index contributed by atoms with van der Waals surface area (Å²) in [5.41, 5.74) is 5.03. The summed E-state index contributed by atoms with van der Waals surface area (Å²) in [5.74, 6) is 0. The Hall–Kier alpha value is -1.55. The van der Waals surface area contributed by atoms with E-state index in [4.69, 9.17) is 0 Å². The zero-order valence-corrected chi connectivity index (χ0v) is 8.32. The van der Waals surface area contributed by atoms with Gasteiger partial charge in [-0.2, -0.15) is 0 Å². The molecule has 1 aliphatic rings. The Kier molecular flexibility index (Phi) is 2.13. The van der Waals surface area contributed by atoms with E-state index in [1.54, 1.807) is 17.0 Å². The van der Waals surface area contributed by atoms with Crippen LogP contribution in [0.25, 0.3) is 0 Å². The van der Waals surface area contributed by atoms with Crippen LogP contribution in [-0.2, 0) is 0 Å². The predicted octanol–water partition coefficient (Wildman–Crippen LogP) is 1.33. The molecule has 0 unspecified atom stereocenters. The number of carbonyl (C=O) groups excluding carboxylic acids is 1. The Morgan fingerprint density at radius 2 is 2.07 bits per heavy atom. The molecule has 74 valence electrons. The smallest absolute Gasteiger partial charge is 0.312 e. The third kappa shape index (κ3) is 1.33. The van der Waals surface area contributed by atoms with E-state index < -0.39 is 0 Å². The van der Waals surface area contributed by atoms with Crippen LogP contribution in [0.15, 0.2) is 24.3 Å². The van der Waals surface area contributed by atoms with Crippen LogP contribution < -0.4 is 10.4 Å². The molecule has 4 heteroatoms. The molecule has 1 N–H and O–H groups in total. The predicted molar refractivity (Wildman–Crippen MR) is 54.8 cm³/mol. The van der Waals surface area contributed by atoms with Gasteiger partial charge in [-0.3, -0.25) is 0 Å². The Bertz CT molecular complexity index is 364. The summed E-state index contributed by atoms with van der Waals surface area (Å²) in [6.45, 7) is 2.55. The highest BCUT2D eigenvalue weighted by Crippen LogP contribution is 2.20. The van der Waals surface area contributed by atoms with E-state index in [-0.39, 0.29) is 6.03 Å². The molecule has 0 aromatic heterocycles. The Morgan fingerprint density at radius 3 is 2.64 bits per heavy atom. The Balaban J connectivity index is 2.33. The maximum absolute atomic E-state index is 11.6. The van der Waals surface area contributed by atoms with Gasteiger partial charge in [0.25, 0.3) is 0 Å². The largest absolute Gasteiger partial charge is 0.339 e. The molecular formula is C10H13N3O. The molecule has 0 atom stereocenters. The highest BCUT2D eigenvalue weighted by molar-refractivity contribution is 5.93. The maximum atomic E-state index is 11.6. The van der Waals surface area contributed by atoms with Gasteiger partial charge in [-0.05, 0) is 18.6 Å². The highest BCUT2D eigenvalue weighted by atomic mass is 16.2. The molecule has 0 spiro atoms. The fraction of sp³-hybridized carbons (Fsp3) is 0.300. The number of aryl methyl sites for hydroxylation is 1. The second kappa shape index (κ2) is 3.31. The van der Waals surface area contributed by atoms with Crippen LogP contribution in [0.4, 0.5) is 10.5 Å². The number of urea groups is 1. The molecule has 0 aliphatic carbocycles. The summed E-state index contributed by atoms with van der Waals surface area (Å²) in [7, 11) is 1.77. The van der Waals surface area contributed by atoms with Crippen molar-refractivity contribution in [3.8, 4) is 0 Å². The Labute approximate surface area is 83.1 Å². The van der Waals surface area contributed by atoms with E-state index in [0.29, 0.717) is 6.67 Å². The summed E-state index contributed by atoms with van der Waals surface area (Å²) in [5, 5.41) is 1.58. The molecule has 1 heterocycles. The molecule has 1 saturated heterocycles. The van der Waals surface area contributed by atoms with Gasteiger partial charge in [0.15, 0.2) is 0 Å². The first kappa shape index (κ1) is 9.02. The van der Waals surface area contributed by atoms with E-state index in [1.807, 2.05) is 31.2 Å². The van der Waals surface area contributed by atoms with Gasteiger partial charge < -0.3 is 4.90 Å². The second-order valence-corrected chi connectivity index (χ2v) is 3.42. The number of nitrogens with one attached hydrogen (secondary N) is 1. The van der Waals surface area contributed by atoms with E-state index in [0.717, 1.165) is 11.3 Å². The number of benzene rings is 1. The van der Waals surface area contributed by atoms with E-state index in [9.17, 15) is 4.79 Å². The SMILES string of the molecule is Cc1ccccc1N1NCN(C)C1=O. The molecule has 1 fully saturated rings. The molecule has 0 radical (unpaired) electrons. The number of carbonyl (C=O) groups is 1. The first-order valence-electron chi connectivity index (χ1n) is 4.54. The van der Waals surface area contributed by atoms with Crippen molar-refractivity contribution < 1.29 is 4.79 Å². The molecule has 1 aromatic carbocycles. The number of amides is 2. The highest BCUT2D eigenvalue weighted by Gasteiger charge is 2.26. The molecule has 4 nitrogen and oxygen atoms in total. The normalized spacial score (nSPS) is 16.6. The van der Waals surface area contributed by atoms with Crippen molar-refractivity contribution in [2.45, 2.75) is 6.92 Å². The summed E-state index contributed by atoms with van der Waals surface area (Å²) >= 11 is 0. The minimum Gasteiger partial charge on any atom is -0.312 e. The van der Waals surface area contributed by atoms with Crippen LogP contribution in [0.3, 0.4) is 0 Å². The average molecular weight is 191 g/mol. The number of hydrogen-bond donors (Lipinski definition) is 1. The lowest BCUT2D eigenvalue weighted by Crippen LogP contribution is -2.35. The van der Waals surface area contributed by atoms with Crippen molar-refractivity contribution in [1.82, 2.24) is 10.3 Å². The standard InChI is InChI=1S/C10H13N3O/c1-8-5-3-4-6-9(8)13-10(14)12(2)7-11-13/h3-6,11H,7H2,1-2H3. The van der Waals surface area contributed by atoms with Gasteiger partial charge in [-0.15, -0.1) is 0 Å². The van der Waals surface area contributed by atoms with Crippen molar-refractivity contribution in [2.75, 3.05) is 18.7 Å². The lowest BCUT2D eigenvalue weighted by molar-refractivity contribution is 0.229.